The third-order valence-electron chi connectivity index (χ3n) is 1.65. The predicted octanol–water partition coefficient (Wildman–Crippen LogP) is 0.790. The van der Waals surface area contributed by atoms with Crippen molar-refractivity contribution in [3.8, 4) is 0 Å². The Morgan fingerprint density at radius 3 is 3.17 bits per heavy atom. The zero-order valence-electron chi connectivity index (χ0n) is 6.91. The Labute approximate surface area is 70.1 Å². The number of hydrogen-bond donors (Lipinski definition) is 1. The molecule has 0 aromatic carbocycles. The van der Waals surface area contributed by atoms with Crippen LogP contribution in [-0.2, 0) is 11.3 Å². The van der Waals surface area contributed by atoms with Gasteiger partial charge in [-0.05, 0) is 12.8 Å². The normalized spacial score (nSPS) is 16.4. The van der Waals surface area contributed by atoms with Crippen molar-refractivity contribution in [1.82, 2.24) is 10.1 Å². The van der Waals surface area contributed by atoms with Gasteiger partial charge in [0.15, 0.2) is 5.82 Å². The van der Waals surface area contributed by atoms with E-state index in [1.165, 1.54) is 12.8 Å². The average molecular weight is 169 g/mol. The van der Waals surface area contributed by atoms with E-state index < -0.39 is 0 Å². The van der Waals surface area contributed by atoms with Crippen LogP contribution in [0.2, 0.25) is 0 Å². The number of nitrogens with zero attached hydrogens (tertiary/aromatic N) is 2. The van der Waals surface area contributed by atoms with Crippen LogP contribution in [0.4, 0.5) is 6.01 Å². The number of rotatable bonds is 4. The van der Waals surface area contributed by atoms with Crippen LogP contribution in [0.25, 0.3) is 0 Å². The van der Waals surface area contributed by atoms with Crippen LogP contribution in [0.3, 0.4) is 0 Å². The van der Waals surface area contributed by atoms with Crippen LogP contribution >= 0.6 is 0 Å². The van der Waals surface area contributed by atoms with Gasteiger partial charge in [-0.3, -0.25) is 0 Å². The fourth-order valence-electron chi connectivity index (χ4n) is 0.903. The van der Waals surface area contributed by atoms with Gasteiger partial charge in [-0.25, -0.2) is 0 Å². The molecule has 1 aromatic heterocycles. The average Bonchev–Trinajstić information content (AvgIpc) is 2.74. The first-order chi connectivity index (χ1) is 5.88. The predicted molar refractivity (Wildman–Crippen MR) is 41.7 cm³/mol. The molecule has 1 aliphatic rings. The number of hydrogen-bond acceptors (Lipinski definition) is 5. The molecule has 1 saturated carbocycles. The van der Waals surface area contributed by atoms with Gasteiger partial charge < -0.3 is 14.6 Å². The summed E-state index contributed by atoms with van der Waals surface area (Å²) in [5.74, 6) is 0.584. The van der Waals surface area contributed by atoms with E-state index in [9.17, 15) is 0 Å². The summed E-state index contributed by atoms with van der Waals surface area (Å²) in [4.78, 5) is 4.07. The van der Waals surface area contributed by atoms with Gasteiger partial charge in [-0.2, -0.15) is 4.98 Å². The van der Waals surface area contributed by atoms with Crippen molar-refractivity contribution in [2.24, 2.45) is 0 Å². The highest BCUT2D eigenvalue weighted by atomic mass is 16.5. The summed E-state index contributed by atoms with van der Waals surface area (Å²) in [7, 11) is 1.60. The van der Waals surface area contributed by atoms with Gasteiger partial charge in [0.1, 0.15) is 6.61 Å². The summed E-state index contributed by atoms with van der Waals surface area (Å²) in [6, 6.07) is 1.05. The molecule has 0 saturated heterocycles. The number of aromatic nitrogens is 2. The minimum atomic E-state index is 0.399. The van der Waals surface area contributed by atoms with E-state index in [1.54, 1.807) is 7.11 Å². The van der Waals surface area contributed by atoms with E-state index in [4.69, 9.17) is 9.26 Å². The highest BCUT2D eigenvalue weighted by molar-refractivity contribution is 5.23. The molecule has 5 heteroatoms. The van der Waals surface area contributed by atoms with E-state index in [-0.39, 0.29) is 0 Å². The van der Waals surface area contributed by atoms with E-state index in [0.29, 0.717) is 24.5 Å². The highest BCUT2D eigenvalue weighted by Gasteiger charge is 2.23. The SMILES string of the molecule is COCc1noc(NC2CC2)n1. The standard InChI is InChI=1S/C7H11N3O2/c1-11-4-6-9-7(12-10-6)8-5-2-3-5/h5H,2-4H2,1H3,(H,8,9,10). The second kappa shape index (κ2) is 3.10. The molecule has 1 N–H and O–H groups in total. The third kappa shape index (κ3) is 1.73. The first-order valence-corrected chi connectivity index (χ1v) is 3.96. The van der Waals surface area contributed by atoms with Gasteiger partial charge in [0, 0.05) is 13.2 Å². The zero-order chi connectivity index (χ0) is 8.39. The number of methoxy groups -OCH3 is 1. The van der Waals surface area contributed by atoms with Crippen LogP contribution in [0.1, 0.15) is 18.7 Å². The zero-order valence-corrected chi connectivity index (χ0v) is 6.91. The van der Waals surface area contributed by atoms with Gasteiger partial charge in [-0.1, -0.05) is 5.16 Å². The Kier molecular flexibility index (Phi) is 1.95. The van der Waals surface area contributed by atoms with Crippen molar-refractivity contribution in [1.29, 1.82) is 0 Å². The van der Waals surface area contributed by atoms with Crippen molar-refractivity contribution in [2.75, 3.05) is 12.4 Å². The van der Waals surface area contributed by atoms with Crippen molar-refractivity contribution >= 4 is 6.01 Å². The largest absolute Gasteiger partial charge is 0.377 e. The lowest BCUT2D eigenvalue weighted by molar-refractivity contribution is 0.174. The van der Waals surface area contributed by atoms with Crippen LogP contribution in [0.5, 0.6) is 0 Å². The number of ether oxygens (including phenoxy) is 1. The molecule has 5 nitrogen and oxygen atoms in total. The summed E-state index contributed by atoms with van der Waals surface area (Å²) in [5.41, 5.74) is 0. The monoisotopic (exact) mass is 169 g/mol. The first kappa shape index (κ1) is 7.54. The molecule has 2 rings (SSSR count). The highest BCUT2D eigenvalue weighted by Crippen LogP contribution is 2.23. The maximum atomic E-state index is 4.92. The van der Waals surface area contributed by atoms with Crippen LogP contribution < -0.4 is 5.32 Å². The van der Waals surface area contributed by atoms with E-state index in [1.807, 2.05) is 0 Å². The molecule has 0 unspecified atom stereocenters. The minimum Gasteiger partial charge on any atom is -0.377 e. The maximum absolute atomic E-state index is 4.92. The first-order valence-electron chi connectivity index (χ1n) is 3.96. The van der Waals surface area contributed by atoms with Crippen molar-refractivity contribution in [2.45, 2.75) is 25.5 Å². The lowest BCUT2D eigenvalue weighted by Gasteiger charge is -1.92. The molecule has 0 atom stereocenters. The summed E-state index contributed by atoms with van der Waals surface area (Å²) >= 11 is 0. The van der Waals surface area contributed by atoms with E-state index >= 15 is 0 Å². The summed E-state index contributed by atoms with van der Waals surface area (Å²) in [6.45, 7) is 0.399. The Morgan fingerprint density at radius 2 is 2.50 bits per heavy atom. The van der Waals surface area contributed by atoms with Gasteiger partial charge in [0.05, 0.1) is 0 Å². The molecule has 1 aliphatic carbocycles. The molecule has 0 bridgehead atoms. The van der Waals surface area contributed by atoms with E-state index in [0.717, 1.165) is 0 Å². The van der Waals surface area contributed by atoms with Crippen molar-refractivity contribution < 1.29 is 9.26 Å². The summed E-state index contributed by atoms with van der Waals surface area (Å²) in [6.07, 6.45) is 2.39. The molecule has 0 amide bonds. The Bertz CT molecular complexity index is 257. The molecular formula is C7H11N3O2. The number of anilines is 1. The van der Waals surface area contributed by atoms with Gasteiger partial charge in [0.2, 0.25) is 0 Å². The quantitative estimate of drug-likeness (QED) is 0.722. The fraction of sp³-hybridized carbons (Fsp3) is 0.714. The maximum Gasteiger partial charge on any atom is 0.321 e. The van der Waals surface area contributed by atoms with Crippen LogP contribution in [0.15, 0.2) is 4.52 Å². The lowest BCUT2D eigenvalue weighted by atomic mass is 10.6. The van der Waals surface area contributed by atoms with Gasteiger partial charge >= 0.3 is 6.01 Å². The molecule has 0 spiro atoms. The second-order valence-corrected chi connectivity index (χ2v) is 2.87. The van der Waals surface area contributed by atoms with Crippen LogP contribution in [0, 0.1) is 0 Å². The second-order valence-electron chi connectivity index (χ2n) is 2.87. The molecule has 0 radical (unpaired) electrons. The molecular weight excluding hydrogens is 158 g/mol. The molecule has 66 valence electrons. The number of nitrogens with one attached hydrogen (secondary N) is 1. The fourth-order valence-corrected chi connectivity index (χ4v) is 0.903. The van der Waals surface area contributed by atoms with Crippen molar-refractivity contribution in [3.05, 3.63) is 5.82 Å². The third-order valence-corrected chi connectivity index (χ3v) is 1.65. The Morgan fingerprint density at radius 1 is 1.67 bits per heavy atom. The Balaban J connectivity index is 1.92. The molecule has 12 heavy (non-hydrogen) atoms. The molecule has 1 fully saturated rings. The molecule has 0 aliphatic heterocycles. The summed E-state index contributed by atoms with van der Waals surface area (Å²) in [5, 5.41) is 6.81. The summed E-state index contributed by atoms with van der Waals surface area (Å²) < 4.78 is 9.76. The van der Waals surface area contributed by atoms with Crippen LogP contribution in [-0.4, -0.2) is 23.3 Å². The lowest BCUT2D eigenvalue weighted by Crippen LogP contribution is -2.00. The van der Waals surface area contributed by atoms with Gasteiger partial charge in [-0.15, -0.1) is 0 Å². The van der Waals surface area contributed by atoms with E-state index in [2.05, 4.69) is 15.5 Å². The van der Waals surface area contributed by atoms with Crippen molar-refractivity contribution in [3.63, 3.8) is 0 Å². The van der Waals surface area contributed by atoms with Gasteiger partial charge in [0.25, 0.3) is 0 Å². The minimum absolute atomic E-state index is 0.399. The molecule has 1 heterocycles. The topological polar surface area (TPSA) is 60.2 Å². The Hall–Kier alpha value is -1.10. The smallest absolute Gasteiger partial charge is 0.321 e. The molecule has 1 aromatic rings.